The predicted octanol–water partition coefficient (Wildman–Crippen LogP) is 3.71. The van der Waals surface area contributed by atoms with Gasteiger partial charge in [-0.05, 0) is 26.3 Å². The first kappa shape index (κ1) is 12.0. The molecule has 82 valence electrons. The molecule has 0 aromatic heterocycles. The monoisotopic (exact) mass is 218 g/mol. The van der Waals surface area contributed by atoms with Crippen molar-refractivity contribution in [2.75, 3.05) is 6.61 Å². The Hall–Kier alpha value is -0.110. The molecule has 1 aliphatic rings. The Labute approximate surface area is 86.0 Å². The molecular formula is C10H19O3P. The SMILES string of the molecule is CCCCCOP1(=O)C=CC(C)(C)O1. The summed E-state index contributed by atoms with van der Waals surface area (Å²) < 4.78 is 22.5. The van der Waals surface area contributed by atoms with Crippen molar-refractivity contribution in [3.63, 3.8) is 0 Å². The highest BCUT2D eigenvalue weighted by Gasteiger charge is 2.35. The zero-order valence-electron chi connectivity index (χ0n) is 9.16. The highest BCUT2D eigenvalue weighted by atomic mass is 31.2. The van der Waals surface area contributed by atoms with Gasteiger partial charge >= 0.3 is 7.60 Å². The van der Waals surface area contributed by atoms with Crippen LogP contribution in [0.1, 0.15) is 40.0 Å². The fourth-order valence-electron chi connectivity index (χ4n) is 1.27. The number of hydrogen-bond donors (Lipinski definition) is 0. The summed E-state index contributed by atoms with van der Waals surface area (Å²) >= 11 is 0. The van der Waals surface area contributed by atoms with Crippen molar-refractivity contribution in [1.82, 2.24) is 0 Å². The Kier molecular flexibility index (Phi) is 3.94. The maximum atomic E-state index is 11.9. The second-order valence-electron chi connectivity index (χ2n) is 4.09. The number of unbranched alkanes of at least 4 members (excludes halogenated alkanes) is 2. The van der Waals surface area contributed by atoms with Crippen LogP contribution in [0.25, 0.3) is 0 Å². The third kappa shape index (κ3) is 3.56. The van der Waals surface area contributed by atoms with Crippen LogP contribution in [0.2, 0.25) is 0 Å². The molecule has 4 heteroatoms. The molecule has 0 fully saturated rings. The lowest BCUT2D eigenvalue weighted by Crippen LogP contribution is -2.14. The van der Waals surface area contributed by atoms with Gasteiger partial charge in [-0.25, -0.2) is 0 Å². The van der Waals surface area contributed by atoms with Gasteiger partial charge in [0.25, 0.3) is 0 Å². The maximum Gasteiger partial charge on any atom is 0.354 e. The van der Waals surface area contributed by atoms with E-state index in [1.54, 1.807) is 11.9 Å². The molecule has 0 N–H and O–H groups in total. The van der Waals surface area contributed by atoms with Crippen LogP contribution in [0.15, 0.2) is 11.9 Å². The lowest BCUT2D eigenvalue weighted by atomic mass is 10.1. The fourth-order valence-corrected chi connectivity index (χ4v) is 3.11. The van der Waals surface area contributed by atoms with Gasteiger partial charge in [-0.3, -0.25) is 9.09 Å². The summed E-state index contributed by atoms with van der Waals surface area (Å²) in [5.74, 6) is 1.57. The first-order valence-electron chi connectivity index (χ1n) is 5.13. The van der Waals surface area contributed by atoms with Gasteiger partial charge in [0.2, 0.25) is 0 Å². The summed E-state index contributed by atoms with van der Waals surface area (Å²) in [5, 5.41) is 0. The van der Waals surface area contributed by atoms with E-state index in [-0.39, 0.29) is 0 Å². The van der Waals surface area contributed by atoms with E-state index in [0.29, 0.717) is 6.61 Å². The van der Waals surface area contributed by atoms with E-state index in [0.717, 1.165) is 19.3 Å². The Morgan fingerprint density at radius 1 is 1.43 bits per heavy atom. The molecule has 0 radical (unpaired) electrons. The summed E-state index contributed by atoms with van der Waals surface area (Å²) in [5.41, 5.74) is -0.444. The Morgan fingerprint density at radius 3 is 2.64 bits per heavy atom. The molecule has 0 aliphatic carbocycles. The standard InChI is InChI=1S/C10H19O3P/c1-4-5-6-8-12-14(11)9-7-10(2,3)13-14/h7,9H,4-6,8H2,1-3H3. The molecule has 0 bridgehead atoms. The van der Waals surface area contributed by atoms with Gasteiger partial charge in [0, 0.05) is 5.82 Å². The van der Waals surface area contributed by atoms with Gasteiger partial charge < -0.3 is 4.52 Å². The molecule has 1 rings (SSSR count). The Balaban J connectivity index is 2.32. The summed E-state index contributed by atoms with van der Waals surface area (Å²) in [6.07, 6.45) is 4.98. The van der Waals surface area contributed by atoms with Crippen molar-refractivity contribution in [3.8, 4) is 0 Å². The summed E-state index contributed by atoms with van der Waals surface area (Å²) in [6.45, 7) is 6.39. The third-order valence-corrected chi connectivity index (χ3v) is 3.82. The maximum absolute atomic E-state index is 11.9. The second kappa shape index (κ2) is 4.61. The first-order valence-corrected chi connectivity index (χ1v) is 6.74. The van der Waals surface area contributed by atoms with Gasteiger partial charge in [-0.2, -0.15) is 0 Å². The Bertz CT molecular complexity index is 258. The van der Waals surface area contributed by atoms with Crippen molar-refractivity contribution in [1.29, 1.82) is 0 Å². The molecular weight excluding hydrogens is 199 g/mol. The summed E-state index contributed by atoms with van der Waals surface area (Å²) in [4.78, 5) is 0. The molecule has 0 aromatic carbocycles. The topological polar surface area (TPSA) is 35.5 Å². The molecule has 0 amide bonds. The zero-order chi connectivity index (χ0) is 10.7. The Morgan fingerprint density at radius 2 is 2.14 bits per heavy atom. The van der Waals surface area contributed by atoms with E-state index in [1.807, 2.05) is 13.8 Å². The van der Waals surface area contributed by atoms with Gasteiger partial charge in [-0.15, -0.1) is 0 Å². The zero-order valence-corrected chi connectivity index (χ0v) is 10.0. The van der Waals surface area contributed by atoms with Crippen LogP contribution in [-0.2, 0) is 13.6 Å². The van der Waals surface area contributed by atoms with E-state index in [4.69, 9.17) is 9.05 Å². The lowest BCUT2D eigenvalue weighted by Gasteiger charge is -2.18. The minimum atomic E-state index is -2.91. The van der Waals surface area contributed by atoms with E-state index in [9.17, 15) is 4.57 Å². The normalized spacial score (nSPS) is 29.6. The largest absolute Gasteiger partial charge is 0.354 e. The van der Waals surface area contributed by atoms with E-state index < -0.39 is 13.2 Å². The number of rotatable bonds is 5. The number of hydrogen-bond acceptors (Lipinski definition) is 3. The molecule has 1 unspecified atom stereocenters. The van der Waals surface area contributed by atoms with Crippen LogP contribution < -0.4 is 0 Å². The summed E-state index contributed by atoms with van der Waals surface area (Å²) in [7, 11) is -2.91. The molecule has 1 heterocycles. The van der Waals surface area contributed by atoms with Gasteiger partial charge in [0.1, 0.15) is 0 Å². The van der Waals surface area contributed by atoms with E-state index >= 15 is 0 Å². The molecule has 0 saturated heterocycles. The van der Waals surface area contributed by atoms with Crippen LogP contribution in [0, 0.1) is 0 Å². The molecule has 0 aromatic rings. The molecule has 1 aliphatic heterocycles. The minimum absolute atomic E-state index is 0.444. The smallest absolute Gasteiger partial charge is 0.306 e. The molecule has 14 heavy (non-hydrogen) atoms. The van der Waals surface area contributed by atoms with Crippen molar-refractivity contribution in [3.05, 3.63) is 11.9 Å². The average Bonchev–Trinajstić information content (AvgIpc) is 2.36. The molecule has 0 spiro atoms. The minimum Gasteiger partial charge on any atom is -0.306 e. The quantitative estimate of drug-likeness (QED) is 0.521. The van der Waals surface area contributed by atoms with Crippen molar-refractivity contribution >= 4 is 7.60 Å². The lowest BCUT2D eigenvalue weighted by molar-refractivity contribution is 0.133. The second-order valence-corrected chi connectivity index (χ2v) is 5.91. The van der Waals surface area contributed by atoms with Crippen LogP contribution in [0.5, 0.6) is 0 Å². The van der Waals surface area contributed by atoms with E-state index in [1.165, 1.54) is 0 Å². The fraction of sp³-hybridized carbons (Fsp3) is 0.800. The van der Waals surface area contributed by atoms with E-state index in [2.05, 4.69) is 6.92 Å². The highest BCUT2D eigenvalue weighted by molar-refractivity contribution is 7.57. The van der Waals surface area contributed by atoms with Gasteiger partial charge in [-0.1, -0.05) is 19.8 Å². The first-order chi connectivity index (χ1) is 6.47. The van der Waals surface area contributed by atoms with Crippen LogP contribution >= 0.6 is 7.60 Å². The molecule has 3 nitrogen and oxygen atoms in total. The van der Waals surface area contributed by atoms with Crippen LogP contribution in [0.3, 0.4) is 0 Å². The average molecular weight is 218 g/mol. The van der Waals surface area contributed by atoms with Crippen LogP contribution in [0.4, 0.5) is 0 Å². The molecule has 0 saturated carbocycles. The van der Waals surface area contributed by atoms with Crippen molar-refractivity contribution in [2.24, 2.45) is 0 Å². The molecule has 1 atom stereocenters. The van der Waals surface area contributed by atoms with Gasteiger partial charge in [0.15, 0.2) is 0 Å². The summed E-state index contributed by atoms with van der Waals surface area (Å²) in [6, 6.07) is 0. The van der Waals surface area contributed by atoms with Crippen LogP contribution in [-0.4, -0.2) is 12.2 Å². The van der Waals surface area contributed by atoms with Crippen molar-refractivity contribution in [2.45, 2.75) is 45.6 Å². The van der Waals surface area contributed by atoms with Gasteiger partial charge in [0.05, 0.1) is 12.2 Å². The third-order valence-electron chi connectivity index (χ3n) is 2.04. The van der Waals surface area contributed by atoms with Crippen molar-refractivity contribution < 1.29 is 13.6 Å². The predicted molar refractivity (Wildman–Crippen MR) is 57.4 cm³/mol. The highest BCUT2D eigenvalue weighted by Crippen LogP contribution is 2.57.